The summed E-state index contributed by atoms with van der Waals surface area (Å²) < 4.78 is 0. The summed E-state index contributed by atoms with van der Waals surface area (Å²) in [6, 6.07) is 3.98. The van der Waals surface area contributed by atoms with Crippen LogP contribution in [0.15, 0.2) is 12.1 Å². The molecule has 0 aromatic heterocycles. The summed E-state index contributed by atoms with van der Waals surface area (Å²) in [6.45, 7) is 8.76. The zero-order chi connectivity index (χ0) is 19.9. The van der Waals surface area contributed by atoms with Crippen LogP contribution in [0.3, 0.4) is 0 Å². The van der Waals surface area contributed by atoms with Gasteiger partial charge in [0.2, 0.25) is 0 Å². The van der Waals surface area contributed by atoms with Gasteiger partial charge in [0.25, 0.3) is 0 Å². The first kappa shape index (κ1) is 23.0. The average molecular weight is 369 g/mol. The molecule has 0 aliphatic heterocycles. The lowest BCUT2D eigenvalue weighted by Gasteiger charge is -2.28. The quantitative estimate of drug-likeness (QED) is 0.390. The molecule has 0 aliphatic rings. The number of hydrogen-bond acceptors (Lipinski definition) is 6. The van der Waals surface area contributed by atoms with E-state index in [2.05, 4.69) is 0 Å². The summed E-state index contributed by atoms with van der Waals surface area (Å²) in [5.74, 6) is 0. The van der Waals surface area contributed by atoms with Crippen molar-refractivity contribution >= 4 is 0 Å². The molecule has 150 valence electrons. The van der Waals surface area contributed by atoms with E-state index in [1.165, 1.54) is 0 Å². The Hall–Kier alpha value is -1.02. The highest BCUT2D eigenvalue weighted by Gasteiger charge is 2.19. The summed E-state index contributed by atoms with van der Waals surface area (Å²) in [5.41, 5.74) is 9.89. The van der Waals surface area contributed by atoms with Crippen molar-refractivity contribution < 1.29 is 20.4 Å². The molecule has 1 aromatic rings. The molecule has 6 N–H and O–H groups in total. The fourth-order valence-corrected chi connectivity index (χ4v) is 3.42. The number of aliphatic hydroxyl groups excluding tert-OH is 4. The number of nitrogens with zero attached hydrogens (tertiary/aromatic N) is 1. The van der Waals surface area contributed by atoms with Crippen LogP contribution in [0.25, 0.3) is 0 Å². The van der Waals surface area contributed by atoms with Crippen molar-refractivity contribution in [3.63, 3.8) is 0 Å². The van der Waals surface area contributed by atoms with Gasteiger partial charge in [-0.25, -0.2) is 0 Å². The summed E-state index contributed by atoms with van der Waals surface area (Å²) in [4.78, 5) is 2.00. The standard InChI is InChI=1S/C20H36N2O4/c1-13(23)7-19-17(9-21)5-6-18(20(19)8-14(2)24)12-22(10-15(3)25)11-16(4)26/h5-6,13-16,23-26H,7-12,21H2,1-4H3. The summed E-state index contributed by atoms with van der Waals surface area (Å²) in [5, 5.41) is 39.4. The zero-order valence-electron chi connectivity index (χ0n) is 16.5. The van der Waals surface area contributed by atoms with E-state index in [0.29, 0.717) is 39.0 Å². The molecule has 0 amide bonds. The van der Waals surface area contributed by atoms with Gasteiger partial charge < -0.3 is 26.2 Å². The van der Waals surface area contributed by atoms with Gasteiger partial charge in [-0.1, -0.05) is 12.1 Å². The SMILES string of the molecule is CC(O)Cc1c(CN)ccc(CN(CC(C)O)CC(C)O)c1CC(C)O. The number of benzene rings is 1. The topological polar surface area (TPSA) is 110 Å². The van der Waals surface area contributed by atoms with Gasteiger partial charge in [-0.15, -0.1) is 0 Å². The van der Waals surface area contributed by atoms with Gasteiger partial charge in [0.05, 0.1) is 24.4 Å². The highest BCUT2D eigenvalue weighted by Crippen LogP contribution is 2.25. The highest BCUT2D eigenvalue weighted by atomic mass is 16.3. The van der Waals surface area contributed by atoms with Crippen molar-refractivity contribution in [3.8, 4) is 0 Å². The van der Waals surface area contributed by atoms with Crippen molar-refractivity contribution in [3.05, 3.63) is 34.4 Å². The first-order valence-corrected chi connectivity index (χ1v) is 9.41. The summed E-state index contributed by atoms with van der Waals surface area (Å²) in [6.07, 6.45) is -1.08. The van der Waals surface area contributed by atoms with E-state index in [-0.39, 0.29) is 0 Å². The van der Waals surface area contributed by atoms with Crippen LogP contribution >= 0.6 is 0 Å². The smallest absolute Gasteiger partial charge is 0.0639 e. The fraction of sp³-hybridized carbons (Fsp3) is 0.700. The van der Waals surface area contributed by atoms with E-state index in [4.69, 9.17) is 5.73 Å². The minimum absolute atomic E-state index is 0.375. The minimum Gasteiger partial charge on any atom is -0.393 e. The second-order valence-corrected chi connectivity index (χ2v) is 7.54. The lowest BCUT2D eigenvalue weighted by atomic mass is 9.89. The Kier molecular flexibility index (Phi) is 9.71. The number of rotatable bonds is 11. The third kappa shape index (κ3) is 7.70. The molecular formula is C20H36N2O4. The molecule has 4 atom stereocenters. The van der Waals surface area contributed by atoms with Crippen LogP contribution in [0.2, 0.25) is 0 Å². The van der Waals surface area contributed by atoms with Crippen molar-refractivity contribution in [1.82, 2.24) is 4.90 Å². The van der Waals surface area contributed by atoms with Gasteiger partial charge in [0, 0.05) is 26.2 Å². The monoisotopic (exact) mass is 368 g/mol. The van der Waals surface area contributed by atoms with Gasteiger partial charge >= 0.3 is 0 Å². The molecule has 0 saturated carbocycles. The number of aliphatic hydroxyl groups is 4. The third-order valence-electron chi connectivity index (χ3n) is 4.28. The van der Waals surface area contributed by atoms with Crippen molar-refractivity contribution in [2.24, 2.45) is 5.73 Å². The van der Waals surface area contributed by atoms with Crippen LogP contribution in [0.5, 0.6) is 0 Å². The second-order valence-electron chi connectivity index (χ2n) is 7.54. The third-order valence-corrected chi connectivity index (χ3v) is 4.28. The molecule has 0 bridgehead atoms. The molecule has 1 aromatic carbocycles. The number of hydrogen-bond donors (Lipinski definition) is 5. The van der Waals surface area contributed by atoms with Crippen LogP contribution in [0, 0.1) is 0 Å². The predicted octanol–water partition coefficient (Wildman–Crippen LogP) is 0.556. The highest BCUT2D eigenvalue weighted by molar-refractivity contribution is 5.42. The van der Waals surface area contributed by atoms with Gasteiger partial charge in [-0.2, -0.15) is 0 Å². The zero-order valence-corrected chi connectivity index (χ0v) is 16.5. The van der Waals surface area contributed by atoms with Gasteiger partial charge in [-0.3, -0.25) is 4.90 Å². The van der Waals surface area contributed by atoms with Crippen LogP contribution in [0.4, 0.5) is 0 Å². The molecule has 26 heavy (non-hydrogen) atoms. The van der Waals surface area contributed by atoms with E-state index in [1.807, 2.05) is 17.0 Å². The molecule has 6 nitrogen and oxygen atoms in total. The Labute approximate surface area is 157 Å². The minimum atomic E-state index is -0.517. The Balaban J connectivity index is 3.29. The van der Waals surface area contributed by atoms with Crippen molar-refractivity contribution in [1.29, 1.82) is 0 Å². The molecule has 0 saturated heterocycles. The molecule has 0 spiro atoms. The molecular weight excluding hydrogens is 332 g/mol. The molecule has 1 rings (SSSR count). The first-order valence-electron chi connectivity index (χ1n) is 9.41. The molecule has 6 heteroatoms. The maximum atomic E-state index is 9.99. The van der Waals surface area contributed by atoms with E-state index < -0.39 is 24.4 Å². The Morgan fingerprint density at radius 1 is 0.769 bits per heavy atom. The largest absolute Gasteiger partial charge is 0.393 e. The van der Waals surface area contributed by atoms with Crippen molar-refractivity contribution in [2.75, 3.05) is 13.1 Å². The second kappa shape index (κ2) is 11.0. The van der Waals surface area contributed by atoms with Crippen LogP contribution in [-0.2, 0) is 25.9 Å². The van der Waals surface area contributed by atoms with E-state index >= 15 is 0 Å². The fourth-order valence-electron chi connectivity index (χ4n) is 3.42. The number of nitrogens with two attached hydrogens (primary N) is 1. The van der Waals surface area contributed by atoms with E-state index in [1.54, 1.807) is 27.7 Å². The van der Waals surface area contributed by atoms with Gasteiger partial charge in [0.15, 0.2) is 0 Å². The van der Waals surface area contributed by atoms with E-state index in [0.717, 1.165) is 22.3 Å². The van der Waals surface area contributed by atoms with Gasteiger partial charge in [-0.05, 0) is 62.8 Å². The summed E-state index contributed by atoms with van der Waals surface area (Å²) >= 11 is 0. The predicted molar refractivity (Wildman–Crippen MR) is 104 cm³/mol. The van der Waals surface area contributed by atoms with Crippen LogP contribution in [0.1, 0.15) is 49.9 Å². The molecule has 0 aliphatic carbocycles. The normalized spacial score (nSPS) is 16.5. The lowest BCUT2D eigenvalue weighted by Crippen LogP contribution is -2.36. The Bertz CT molecular complexity index is 535. The Morgan fingerprint density at radius 3 is 1.58 bits per heavy atom. The molecule has 4 unspecified atom stereocenters. The maximum absolute atomic E-state index is 9.99. The molecule has 0 fully saturated rings. The summed E-state index contributed by atoms with van der Waals surface area (Å²) in [7, 11) is 0. The van der Waals surface area contributed by atoms with E-state index in [9.17, 15) is 20.4 Å². The van der Waals surface area contributed by atoms with Crippen molar-refractivity contribution in [2.45, 2.75) is 78.0 Å². The maximum Gasteiger partial charge on any atom is 0.0639 e. The van der Waals surface area contributed by atoms with Crippen LogP contribution < -0.4 is 5.73 Å². The lowest BCUT2D eigenvalue weighted by molar-refractivity contribution is 0.0790. The van der Waals surface area contributed by atoms with Crippen LogP contribution in [-0.4, -0.2) is 62.8 Å². The Morgan fingerprint density at radius 2 is 1.19 bits per heavy atom. The first-order chi connectivity index (χ1) is 12.1. The van der Waals surface area contributed by atoms with Gasteiger partial charge in [0.1, 0.15) is 0 Å². The average Bonchev–Trinajstić information content (AvgIpc) is 2.48. The molecule has 0 radical (unpaired) electrons. The molecule has 0 heterocycles.